The van der Waals surface area contributed by atoms with Crippen molar-refractivity contribution in [2.24, 2.45) is 5.10 Å². The number of benzene rings is 1. The highest BCUT2D eigenvalue weighted by Crippen LogP contribution is 2.41. The van der Waals surface area contributed by atoms with Gasteiger partial charge in [-0.25, -0.2) is 0 Å². The van der Waals surface area contributed by atoms with E-state index in [2.05, 4.69) is 21.0 Å². The quantitative estimate of drug-likeness (QED) is 0.871. The summed E-state index contributed by atoms with van der Waals surface area (Å²) in [6.07, 6.45) is -4.86. The summed E-state index contributed by atoms with van der Waals surface area (Å²) in [7, 11) is 0. The lowest BCUT2D eigenvalue weighted by Gasteiger charge is -2.32. The highest BCUT2D eigenvalue weighted by Gasteiger charge is 2.63. The van der Waals surface area contributed by atoms with Gasteiger partial charge in [0.1, 0.15) is 0 Å². The van der Waals surface area contributed by atoms with Gasteiger partial charge in [-0.2, -0.15) is 23.3 Å². The molecule has 22 heavy (non-hydrogen) atoms. The SMILES string of the molecule is CCCC1=NN(C(=O)c2ccccc2Br)[C@@](O)(C(F)(F)F)C1. The number of aliphatic hydroxyl groups is 1. The molecule has 120 valence electrons. The van der Waals surface area contributed by atoms with Gasteiger partial charge >= 0.3 is 6.18 Å². The van der Waals surface area contributed by atoms with Crippen LogP contribution in [-0.2, 0) is 0 Å². The Morgan fingerprint density at radius 3 is 2.64 bits per heavy atom. The molecule has 0 aliphatic carbocycles. The molecule has 0 radical (unpaired) electrons. The zero-order valence-corrected chi connectivity index (χ0v) is 13.3. The molecular formula is C14H14BrF3N2O2. The second-order valence-electron chi connectivity index (χ2n) is 5.00. The number of hydrazone groups is 1. The largest absolute Gasteiger partial charge is 0.438 e. The Hall–Kier alpha value is -1.41. The van der Waals surface area contributed by atoms with Crippen molar-refractivity contribution in [1.29, 1.82) is 0 Å². The molecule has 0 spiro atoms. The predicted molar refractivity (Wildman–Crippen MR) is 78.3 cm³/mol. The molecule has 0 unspecified atom stereocenters. The van der Waals surface area contributed by atoms with Crippen LogP contribution in [0.4, 0.5) is 13.2 Å². The van der Waals surface area contributed by atoms with E-state index in [4.69, 9.17) is 0 Å². The van der Waals surface area contributed by atoms with Crippen molar-refractivity contribution in [2.45, 2.75) is 38.1 Å². The molecule has 1 aliphatic heterocycles. The van der Waals surface area contributed by atoms with Crippen molar-refractivity contribution in [2.75, 3.05) is 0 Å². The highest BCUT2D eigenvalue weighted by atomic mass is 79.9. The standard InChI is InChI=1S/C14H14BrF3N2O2/c1-2-5-9-8-13(22,14(16,17)18)20(19-9)12(21)10-6-3-4-7-11(10)15/h3-4,6-7,22H,2,5,8H2,1H3/t13-/m0/s1. The first-order chi connectivity index (χ1) is 10.2. The van der Waals surface area contributed by atoms with Gasteiger partial charge in [-0.15, -0.1) is 0 Å². The molecule has 0 aromatic heterocycles. The second-order valence-corrected chi connectivity index (χ2v) is 5.86. The van der Waals surface area contributed by atoms with Crippen LogP contribution >= 0.6 is 15.9 Å². The number of nitrogens with zero attached hydrogens (tertiary/aromatic N) is 2. The second kappa shape index (κ2) is 6.00. The van der Waals surface area contributed by atoms with Gasteiger partial charge in [-0.3, -0.25) is 4.79 Å². The van der Waals surface area contributed by atoms with Crippen LogP contribution in [0.5, 0.6) is 0 Å². The van der Waals surface area contributed by atoms with Gasteiger partial charge in [0, 0.05) is 16.6 Å². The summed E-state index contributed by atoms with van der Waals surface area (Å²) < 4.78 is 40.1. The fraction of sp³-hybridized carbons (Fsp3) is 0.429. The van der Waals surface area contributed by atoms with Crippen LogP contribution < -0.4 is 0 Å². The molecule has 1 aliphatic rings. The Balaban J connectivity index is 2.44. The molecule has 1 aromatic rings. The van der Waals surface area contributed by atoms with Gasteiger partial charge < -0.3 is 5.11 Å². The third kappa shape index (κ3) is 2.89. The molecule has 8 heteroatoms. The Bertz CT molecular complexity index is 618. The normalized spacial score (nSPS) is 21.9. The minimum absolute atomic E-state index is 0.00618. The summed E-state index contributed by atoms with van der Waals surface area (Å²) in [4.78, 5) is 12.4. The number of carbonyl (C=O) groups excluding carboxylic acids is 1. The lowest BCUT2D eigenvalue weighted by molar-refractivity contribution is -0.297. The summed E-state index contributed by atoms with van der Waals surface area (Å²) in [6.45, 7) is 1.79. The van der Waals surface area contributed by atoms with Crippen molar-refractivity contribution >= 4 is 27.5 Å². The number of carbonyl (C=O) groups is 1. The van der Waals surface area contributed by atoms with Crippen molar-refractivity contribution in [1.82, 2.24) is 5.01 Å². The molecule has 0 bridgehead atoms. The van der Waals surface area contributed by atoms with Gasteiger partial charge in [-0.05, 0) is 34.5 Å². The van der Waals surface area contributed by atoms with Crippen LogP contribution in [0.1, 0.15) is 36.5 Å². The fourth-order valence-corrected chi connectivity index (χ4v) is 2.68. The minimum Gasteiger partial charge on any atom is -0.362 e. The van der Waals surface area contributed by atoms with E-state index in [1.165, 1.54) is 18.2 Å². The first-order valence-electron chi connectivity index (χ1n) is 6.65. The third-order valence-corrected chi connectivity index (χ3v) is 4.02. The molecule has 4 nitrogen and oxygen atoms in total. The number of halogens is 4. The van der Waals surface area contributed by atoms with Crippen molar-refractivity contribution in [3.05, 3.63) is 34.3 Å². The van der Waals surface area contributed by atoms with E-state index < -0.39 is 24.2 Å². The number of alkyl halides is 3. The summed E-state index contributed by atoms with van der Waals surface area (Å²) in [6, 6.07) is 6.06. The molecule has 1 N–H and O–H groups in total. The fourth-order valence-electron chi connectivity index (χ4n) is 2.23. The summed E-state index contributed by atoms with van der Waals surface area (Å²) in [5.41, 5.74) is -3.14. The van der Waals surface area contributed by atoms with Crippen molar-refractivity contribution < 1.29 is 23.1 Å². The van der Waals surface area contributed by atoms with Crippen LogP contribution in [0.15, 0.2) is 33.8 Å². The molecule has 1 heterocycles. The molecule has 0 saturated heterocycles. The van der Waals surface area contributed by atoms with E-state index in [1.54, 1.807) is 13.0 Å². The molecule has 0 saturated carbocycles. The third-order valence-electron chi connectivity index (χ3n) is 3.33. The number of hydrogen-bond donors (Lipinski definition) is 1. The van der Waals surface area contributed by atoms with Crippen molar-refractivity contribution in [3.8, 4) is 0 Å². The zero-order chi connectivity index (χ0) is 16.5. The smallest absolute Gasteiger partial charge is 0.362 e. The van der Waals surface area contributed by atoms with Crippen LogP contribution in [-0.4, -0.2) is 33.6 Å². The molecule has 2 rings (SSSR count). The first kappa shape index (κ1) is 17.0. The summed E-state index contributed by atoms with van der Waals surface area (Å²) >= 11 is 3.12. The highest BCUT2D eigenvalue weighted by molar-refractivity contribution is 9.10. The van der Waals surface area contributed by atoms with Crippen molar-refractivity contribution in [3.63, 3.8) is 0 Å². The maximum absolute atomic E-state index is 13.3. The van der Waals surface area contributed by atoms with Gasteiger partial charge in [0.2, 0.25) is 0 Å². The Morgan fingerprint density at radius 1 is 1.45 bits per heavy atom. The molecular weight excluding hydrogens is 365 g/mol. The van der Waals surface area contributed by atoms with E-state index >= 15 is 0 Å². The van der Waals surface area contributed by atoms with E-state index in [1.807, 2.05) is 0 Å². The molecule has 0 fully saturated rings. The van der Waals surface area contributed by atoms with Crippen LogP contribution in [0.25, 0.3) is 0 Å². The molecule has 1 aromatic carbocycles. The Morgan fingerprint density at radius 2 is 2.09 bits per heavy atom. The lowest BCUT2D eigenvalue weighted by Crippen LogP contribution is -2.56. The van der Waals surface area contributed by atoms with Crippen LogP contribution in [0.2, 0.25) is 0 Å². The predicted octanol–water partition coefficient (Wildman–Crippen LogP) is 3.70. The van der Waals surface area contributed by atoms with E-state index in [0.717, 1.165) is 0 Å². The average Bonchev–Trinajstić information content (AvgIpc) is 2.77. The van der Waals surface area contributed by atoms with Gasteiger partial charge in [0.15, 0.2) is 0 Å². The number of amides is 1. The van der Waals surface area contributed by atoms with Crippen LogP contribution in [0, 0.1) is 0 Å². The lowest BCUT2D eigenvalue weighted by atomic mass is 10.0. The zero-order valence-electron chi connectivity index (χ0n) is 11.7. The molecule has 1 atom stereocenters. The average molecular weight is 379 g/mol. The Labute approximate surface area is 133 Å². The first-order valence-corrected chi connectivity index (χ1v) is 7.44. The van der Waals surface area contributed by atoms with Gasteiger partial charge in [-0.1, -0.05) is 25.5 Å². The topological polar surface area (TPSA) is 52.9 Å². The molecule has 1 amide bonds. The van der Waals surface area contributed by atoms with E-state index in [9.17, 15) is 23.1 Å². The van der Waals surface area contributed by atoms with E-state index in [0.29, 0.717) is 10.9 Å². The number of hydrogen-bond acceptors (Lipinski definition) is 3. The summed E-state index contributed by atoms with van der Waals surface area (Å²) in [5.74, 6) is -1.00. The van der Waals surface area contributed by atoms with E-state index in [-0.39, 0.29) is 22.7 Å². The van der Waals surface area contributed by atoms with Gasteiger partial charge in [0.05, 0.1) is 5.56 Å². The monoisotopic (exact) mass is 378 g/mol. The minimum atomic E-state index is -5.00. The summed E-state index contributed by atoms with van der Waals surface area (Å²) in [5, 5.41) is 13.9. The van der Waals surface area contributed by atoms with Gasteiger partial charge in [0.25, 0.3) is 11.6 Å². The maximum Gasteiger partial charge on any atom is 0.438 e. The Kier molecular flexibility index (Phi) is 4.62. The van der Waals surface area contributed by atoms with Crippen LogP contribution in [0.3, 0.4) is 0 Å². The number of rotatable bonds is 3. The maximum atomic E-state index is 13.3.